The topological polar surface area (TPSA) is 33.1 Å². The molecular formula is C9H8FNOS. The molecule has 0 saturated heterocycles. The molecule has 1 aromatic carbocycles. The number of aromatic hydroxyl groups is 1. The standard InChI is InChI=1S/C9H8FNOS/c1-5(10)8-6-3-2-4-7(12)9(6)13-11-8/h2-5,12H,1H3. The number of hydrogen-bond donors (Lipinski definition) is 1. The van der Waals surface area contributed by atoms with Crippen LogP contribution in [0.3, 0.4) is 0 Å². The Morgan fingerprint density at radius 2 is 2.31 bits per heavy atom. The second-order valence-electron chi connectivity index (χ2n) is 2.84. The molecule has 0 saturated carbocycles. The van der Waals surface area contributed by atoms with Crippen LogP contribution in [0.25, 0.3) is 10.1 Å². The molecule has 1 atom stereocenters. The third-order valence-electron chi connectivity index (χ3n) is 1.88. The van der Waals surface area contributed by atoms with Gasteiger partial charge in [0.05, 0.1) is 10.4 Å². The van der Waals surface area contributed by atoms with E-state index in [0.29, 0.717) is 15.8 Å². The summed E-state index contributed by atoms with van der Waals surface area (Å²) in [6.45, 7) is 1.44. The van der Waals surface area contributed by atoms with Gasteiger partial charge in [-0.25, -0.2) is 4.39 Å². The Balaban J connectivity index is 2.75. The van der Waals surface area contributed by atoms with Gasteiger partial charge in [-0.1, -0.05) is 12.1 Å². The molecule has 2 nitrogen and oxygen atoms in total. The lowest BCUT2D eigenvalue weighted by Gasteiger charge is -1.97. The Hall–Kier alpha value is -1.16. The highest BCUT2D eigenvalue weighted by Crippen LogP contribution is 2.33. The molecule has 13 heavy (non-hydrogen) atoms. The molecule has 2 rings (SSSR count). The minimum Gasteiger partial charge on any atom is -0.506 e. The van der Waals surface area contributed by atoms with E-state index < -0.39 is 6.17 Å². The van der Waals surface area contributed by atoms with Gasteiger partial charge in [-0.15, -0.1) is 0 Å². The normalized spacial score (nSPS) is 13.4. The second-order valence-corrected chi connectivity index (χ2v) is 3.61. The maximum atomic E-state index is 13.0. The van der Waals surface area contributed by atoms with Crippen molar-refractivity contribution in [3.05, 3.63) is 23.9 Å². The predicted octanol–water partition coefficient (Wildman–Crippen LogP) is 3.03. The average Bonchev–Trinajstić information content (AvgIpc) is 2.48. The van der Waals surface area contributed by atoms with Crippen molar-refractivity contribution in [2.24, 2.45) is 0 Å². The van der Waals surface area contributed by atoms with Crippen LogP contribution in [0.4, 0.5) is 4.39 Å². The van der Waals surface area contributed by atoms with Crippen LogP contribution in [-0.4, -0.2) is 9.48 Å². The van der Waals surface area contributed by atoms with Crippen molar-refractivity contribution >= 4 is 21.6 Å². The lowest BCUT2D eigenvalue weighted by molar-refractivity contribution is 0.370. The average molecular weight is 197 g/mol. The van der Waals surface area contributed by atoms with Crippen LogP contribution in [-0.2, 0) is 0 Å². The van der Waals surface area contributed by atoms with Gasteiger partial charge in [0.2, 0.25) is 0 Å². The van der Waals surface area contributed by atoms with E-state index in [9.17, 15) is 9.50 Å². The summed E-state index contributed by atoms with van der Waals surface area (Å²) >= 11 is 1.13. The summed E-state index contributed by atoms with van der Waals surface area (Å²) < 4.78 is 17.6. The number of alkyl halides is 1. The van der Waals surface area contributed by atoms with Crippen molar-refractivity contribution in [2.75, 3.05) is 0 Å². The van der Waals surface area contributed by atoms with Crippen LogP contribution in [0.2, 0.25) is 0 Å². The SMILES string of the molecule is CC(F)c1nsc2c(O)cccc12. The molecular weight excluding hydrogens is 189 g/mol. The Morgan fingerprint density at radius 1 is 1.54 bits per heavy atom. The van der Waals surface area contributed by atoms with E-state index in [2.05, 4.69) is 4.37 Å². The highest BCUT2D eigenvalue weighted by atomic mass is 32.1. The maximum Gasteiger partial charge on any atom is 0.141 e. The van der Waals surface area contributed by atoms with E-state index in [4.69, 9.17) is 0 Å². The van der Waals surface area contributed by atoms with Crippen molar-refractivity contribution in [1.82, 2.24) is 4.37 Å². The molecule has 4 heteroatoms. The molecule has 1 aromatic heterocycles. The highest BCUT2D eigenvalue weighted by Gasteiger charge is 2.13. The van der Waals surface area contributed by atoms with Crippen LogP contribution in [0, 0.1) is 0 Å². The van der Waals surface area contributed by atoms with Gasteiger partial charge in [0.25, 0.3) is 0 Å². The van der Waals surface area contributed by atoms with Gasteiger partial charge in [-0.05, 0) is 24.5 Å². The quantitative estimate of drug-likeness (QED) is 0.762. The van der Waals surface area contributed by atoms with Gasteiger partial charge in [0.15, 0.2) is 0 Å². The van der Waals surface area contributed by atoms with Crippen LogP contribution in [0.1, 0.15) is 18.8 Å². The van der Waals surface area contributed by atoms with Gasteiger partial charge >= 0.3 is 0 Å². The molecule has 2 aromatic rings. The van der Waals surface area contributed by atoms with E-state index in [0.717, 1.165) is 11.5 Å². The van der Waals surface area contributed by atoms with Gasteiger partial charge in [-0.3, -0.25) is 0 Å². The molecule has 1 heterocycles. The largest absolute Gasteiger partial charge is 0.506 e. The summed E-state index contributed by atoms with van der Waals surface area (Å²) in [6.07, 6.45) is -1.09. The summed E-state index contributed by atoms with van der Waals surface area (Å²) in [7, 11) is 0. The summed E-state index contributed by atoms with van der Waals surface area (Å²) in [6, 6.07) is 5.04. The molecule has 0 aliphatic rings. The number of phenolic OH excluding ortho intramolecular Hbond substituents is 1. The van der Waals surface area contributed by atoms with Crippen molar-refractivity contribution < 1.29 is 9.50 Å². The first-order valence-corrected chi connectivity index (χ1v) is 4.69. The van der Waals surface area contributed by atoms with E-state index in [1.54, 1.807) is 18.2 Å². The maximum absolute atomic E-state index is 13.0. The third kappa shape index (κ3) is 1.27. The van der Waals surface area contributed by atoms with Gasteiger partial charge in [0, 0.05) is 5.39 Å². The molecule has 0 fully saturated rings. The number of hydrogen-bond acceptors (Lipinski definition) is 3. The molecule has 0 radical (unpaired) electrons. The fraction of sp³-hybridized carbons (Fsp3) is 0.222. The lowest BCUT2D eigenvalue weighted by Crippen LogP contribution is -1.84. The predicted molar refractivity (Wildman–Crippen MR) is 50.8 cm³/mol. The fourth-order valence-corrected chi connectivity index (χ4v) is 2.12. The Labute approximate surface area is 78.8 Å². The Bertz CT molecular complexity index is 438. The lowest BCUT2D eigenvalue weighted by atomic mass is 10.2. The van der Waals surface area contributed by atoms with E-state index in [1.807, 2.05) is 0 Å². The van der Waals surface area contributed by atoms with E-state index in [-0.39, 0.29) is 5.75 Å². The number of nitrogens with zero attached hydrogens (tertiary/aromatic N) is 1. The third-order valence-corrected chi connectivity index (χ3v) is 2.78. The van der Waals surface area contributed by atoms with E-state index in [1.165, 1.54) is 6.92 Å². The second kappa shape index (κ2) is 2.96. The first kappa shape index (κ1) is 8.44. The van der Waals surface area contributed by atoms with Crippen LogP contribution in [0.5, 0.6) is 5.75 Å². The number of benzene rings is 1. The molecule has 0 spiro atoms. The molecule has 0 bridgehead atoms. The monoisotopic (exact) mass is 197 g/mol. The van der Waals surface area contributed by atoms with Crippen molar-refractivity contribution in [2.45, 2.75) is 13.1 Å². The summed E-state index contributed by atoms with van der Waals surface area (Å²) in [4.78, 5) is 0. The van der Waals surface area contributed by atoms with Crippen LogP contribution in [0.15, 0.2) is 18.2 Å². The van der Waals surface area contributed by atoms with Crippen molar-refractivity contribution in [3.63, 3.8) is 0 Å². The molecule has 68 valence electrons. The number of rotatable bonds is 1. The molecule has 1 N–H and O–H groups in total. The minimum absolute atomic E-state index is 0.168. The summed E-state index contributed by atoms with van der Waals surface area (Å²) in [5.74, 6) is 0.168. The minimum atomic E-state index is -1.09. The zero-order valence-corrected chi connectivity index (χ0v) is 7.81. The van der Waals surface area contributed by atoms with Gasteiger partial charge in [0.1, 0.15) is 11.9 Å². The number of aromatic nitrogens is 1. The highest BCUT2D eigenvalue weighted by molar-refractivity contribution is 7.13. The molecule has 0 amide bonds. The van der Waals surface area contributed by atoms with Crippen molar-refractivity contribution in [1.29, 1.82) is 0 Å². The molecule has 0 aliphatic carbocycles. The number of phenols is 1. The smallest absolute Gasteiger partial charge is 0.141 e. The fourth-order valence-electron chi connectivity index (χ4n) is 1.25. The summed E-state index contributed by atoms with van der Waals surface area (Å²) in [5, 5.41) is 10.1. The Morgan fingerprint density at radius 3 is 3.00 bits per heavy atom. The van der Waals surface area contributed by atoms with Crippen molar-refractivity contribution in [3.8, 4) is 5.75 Å². The molecule has 0 aliphatic heterocycles. The van der Waals surface area contributed by atoms with Gasteiger partial charge < -0.3 is 5.11 Å². The zero-order chi connectivity index (χ0) is 9.42. The molecule has 1 unspecified atom stereocenters. The summed E-state index contributed by atoms with van der Waals surface area (Å²) in [5.41, 5.74) is 0.413. The Kier molecular flexibility index (Phi) is 1.92. The number of halogens is 1. The first-order valence-electron chi connectivity index (χ1n) is 3.91. The van der Waals surface area contributed by atoms with Crippen LogP contribution >= 0.6 is 11.5 Å². The van der Waals surface area contributed by atoms with Gasteiger partial charge in [-0.2, -0.15) is 4.37 Å². The number of fused-ring (bicyclic) bond motifs is 1. The first-order chi connectivity index (χ1) is 6.20. The zero-order valence-electron chi connectivity index (χ0n) is 6.99. The van der Waals surface area contributed by atoms with Crippen LogP contribution < -0.4 is 0 Å². The van der Waals surface area contributed by atoms with E-state index >= 15 is 0 Å².